The fourth-order valence-electron chi connectivity index (χ4n) is 4.41. The van der Waals surface area contributed by atoms with Crippen molar-refractivity contribution >= 4 is 39.6 Å². The normalized spacial score (nSPS) is 15.0. The second kappa shape index (κ2) is 7.96. The third-order valence-electron chi connectivity index (χ3n) is 6.13. The molecule has 4 aromatic rings. The minimum absolute atomic E-state index is 0.541. The van der Waals surface area contributed by atoms with E-state index in [4.69, 9.17) is 0 Å². The molecule has 5 rings (SSSR count). The Hall–Kier alpha value is -3.52. The van der Waals surface area contributed by atoms with Gasteiger partial charge in [0.05, 0.1) is 11.4 Å². The summed E-state index contributed by atoms with van der Waals surface area (Å²) in [5.41, 5.74) is 9.69. The van der Waals surface area contributed by atoms with Crippen LogP contribution in [0.5, 0.6) is 0 Å². The van der Waals surface area contributed by atoms with E-state index in [1.165, 1.54) is 33.0 Å². The Morgan fingerprint density at radius 3 is 1.84 bits per heavy atom. The minimum atomic E-state index is 0.541. The molecule has 0 aliphatic heterocycles. The third kappa shape index (κ3) is 3.82. The molecule has 1 aliphatic rings. The number of rotatable bonds is 4. The largest absolute Gasteiger partial charge is 0.353 e. The van der Waals surface area contributed by atoms with Crippen LogP contribution in [-0.2, 0) is 6.42 Å². The summed E-state index contributed by atoms with van der Waals surface area (Å²) in [5, 5.41) is 10.1. The van der Waals surface area contributed by atoms with Crippen LogP contribution >= 0.6 is 0 Å². The molecule has 1 aliphatic carbocycles. The van der Waals surface area contributed by atoms with E-state index in [0.29, 0.717) is 5.92 Å². The smallest absolute Gasteiger partial charge is 0.0709 e. The second-order valence-corrected chi connectivity index (χ2v) is 8.71. The number of anilines is 4. The van der Waals surface area contributed by atoms with E-state index in [9.17, 15) is 0 Å². The monoisotopic (exact) mass is 404 g/mol. The fourth-order valence-corrected chi connectivity index (χ4v) is 4.41. The van der Waals surface area contributed by atoms with Gasteiger partial charge in [-0.15, -0.1) is 0 Å². The molecule has 2 nitrogen and oxygen atoms in total. The molecular formula is C29H28N2. The molecule has 0 bridgehead atoms. The lowest BCUT2D eigenvalue weighted by atomic mass is 9.85. The average molecular weight is 405 g/mol. The van der Waals surface area contributed by atoms with Gasteiger partial charge < -0.3 is 10.6 Å². The van der Waals surface area contributed by atoms with Gasteiger partial charge in [-0.05, 0) is 61.4 Å². The summed E-state index contributed by atoms with van der Waals surface area (Å²) in [6.45, 7) is 6.53. The van der Waals surface area contributed by atoms with Crippen LogP contribution in [0.2, 0.25) is 0 Å². The highest BCUT2D eigenvalue weighted by molar-refractivity contribution is 6.08. The molecule has 31 heavy (non-hydrogen) atoms. The predicted octanol–water partition coefficient (Wildman–Crippen LogP) is 8.15. The molecule has 4 aromatic carbocycles. The van der Waals surface area contributed by atoms with Crippen molar-refractivity contribution in [1.29, 1.82) is 0 Å². The van der Waals surface area contributed by atoms with Crippen molar-refractivity contribution in [2.24, 2.45) is 5.92 Å². The van der Waals surface area contributed by atoms with Crippen molar-refractivity contribution in [2.75, 3.05) is 10.6 Å². The molecule has 0 saturated carbocycles. The van der Waals surface area contributed by atoms with E-state index in [0.717, 1.165) is 29.2 Å². The number of hydrogen-bond donors (Lipinski definition) is 2. The molecular weight excluding hydrogens is 376 g/mol. The predicted molar refractivity (Wildman–Crippen MR) is 135 cm³/mol. The fraction of sp³-hybridized carbons (Fsp3) is 0.172. The number of nitrogens with one attached hydrogen (secondary N) is 2. The minimum Gasteiger partial charge on any atom is -0.353 e. The van der Waals surface area contributed by atoms with Gasteiger partial charge in [0.15, 0.2) is 0 Å². The number of hydrogen-bond acceptors (Lipinski definition) is 2. The maximum atomic E-state index is 3.75. The highest BCUT2D eigenvalue weighted by Crippen LogP contribution is 2.44. The van der Waals surface area contributed by atoms with Crippen LogP contribution in [0.4, 0.5) is 22.7 Å². The number of fused-ring (bicyclic) bond motifs is 3. The molecule has 1 unspecified atom stereocenters. The van der Waals surface area contributed by atoms with E-state index < -0.39 is 0 Å². The van der Waals surface area contributed by atoms with Gasteiger partial charge in [-0.25, -0.2) is 0 Å². The maximum absolute atomic E-state index is 3.75. The summed E-state index contributed by atoms with van der Waals surface area (Å²) in [6, 6.07) is 26.0. The van der Waals surface area contributed by atoms with E-state index >= 15 is 0 Å². The van der Waals surface area contributed by atoms with E-state index in [2.05, 4.69) is 116 Å². The Kier molecular flexibility index (Phi) is 4.99. The number of aryl methyl sites for hydroxylation is 2. The zero-order valence-electron chi connectivity index (χ0n) is 18.4. The van der Waals surface area contributed by atoms with Crippen molar-refractivity contribution in [1.82, 2.24) is 0 Å². The lowest BCUT2D eigenvalue weighted by Gasteiger charge is -2.26. The lowest BCUT2D eigenvalue weighted by molar-refractivity contribution is 0.722. The second-order valence-electron chi connectivity index (χ2n) is 8.71. The van der Waals surface area contributed by atoms with E-state index in [1.807, 2.05) is 0 Å². The summed E-state index contributed by atoms with van der Waals surface area (Å²) in [4.78, 5) is 0. The topological polar surface area (TPSA) is 24.1 Å². The van der Waals surface area contributed by atoms with E-state index in [-0.39, 0.29) is 0 Å². The van der Waals surface area contributed by atoms with Crippen LogP contribution in [0.25, 0.3) is 16.8 Å². The Morgan fingerprint density at radius 2 is 1.23 bits per heavy atom. The van der Waals surface area contributed by atoms with Crippen molar-refractivity contribution < 1.29 is 0 Å². The first kappa shape index (κ1) is 19.4. The third-order valence-corrected chi connectivity index (χ3v) is 6.13. The Labute approximate surface area is 184 Å². The van der Waals surface area contributed by atoms with Gasteiger partial charge in [-0.2, -0.15) is 0 Å². The molecule has 0 aromatic heterocycles. The maximum Gasteiger partial charge on any atom is 0.0709 e. The zero-order valence-corrected chi connectivity index (χ0v) is 18.4. The number of allylic oxidation sites excluding steroid dienone is 1. The van der Waals surface area contributed by atoms with Crippen molar-refractivity contribution in [3.05, 3.63) is 101 Å². The first-order valence-electron chi connectivity index (χ1n) is 11.0. The van der Waals surface area contributed by atoms with Crippen molar-refractivity contribution in [3.63, 3.8) is 0 Å². The van der Waals surface area contributed by atoms with Gasteiger partial charge in [-0.1, -0.05) is 78.7 Å². The van der Waals surface area contributed by atoms with Crippen LogP contribution in [0.15, 0.2) is 78.9 Å². The van der Waals surface area contributed by atoms with Crippen LogP contribution in [0.1, 0.15) is 29.2 Å². The molecule has 2 N–H and O–H groups in total. The first-order valence-corrected chi connectivity index (χ1v) is 11.0. The summed E-state index contributed by atoms with van der Waals surface area (Å²) < 4.78 is 0. The zero-order chi connectivity index (χ0) is 21.4. The van der Waals surface area contributed by atoms with Crippen LogP contribution < -0.4 is 10.6 Å². The van der Waals surface area contributed by atoms with Crippen LogP contribution in [0, 0.1) is 19.8 Å². The van der Waals surface area contributed by atoms with Crippen molar-refractivity contribution in [2.45, 2.75) is 27.2 Å². The lowest BCUT2D eigenvalue weighted by Crippen LogP contribution is -2.09. The molecule has 1 atom stereocenters. The van der Waals surface area contributed by atoms with Gasteiger partial charge in [0.1, 0.15) is 0 Å². The first-order chi connectivity index (χ1) is 15.1. The molecule has 0 radical (unpaired) electrons. The molecule has 0 fully saturated rings. The summed E-state index contributed by atoms with van der Waals surface area (Å²) in [6.07, 6.45) is 5.68. The van der Waals surface area contributed by atoms with Gasteiger partial charge in [0, 0.05) is 22.3 Å². The molecule has 0 heterocycles. The molecule has 0 spiro atoms. The Balaban J connectivity index is 1.74. The highest BCUT2D eigenvalue weighted by atomic mass is 15.0. The van der Waals surface area contributed by atoms with Gasteiger partial charge in [0.2, 0.25) is 0 Å². The van der Waals surface area contributed by atoms with Crippen LogP contribution in [0.3, 0.4) is 0 Å². The standard InChI is InChI=1S/C29H28N2/c1-19-8-13-22(14-9-19)30-28-25-7-5-4-6-24(25)27-18-21(3)12-17-26(27)29(28)31-23-15-10-20(2)11-16-23/h4-17,21,30-31H,18H2,1-3H3. The summed E-state index contributed by atoms with van der Waals surface area (Å²) in [7, 11) is 0. The summed E-state index contributed by atoms with van der Waals surface area (Å²) >= 11 is 0. The SMILES string of the molecule is Cc1ccc(Nc2c3c(c4ccccc4c2Nc2ccc(C)cc2)CC(C)C=C3)cc1. The van der Waals surface area contributed by atoms with Crippen LogP contribution in [-0.4, -0.2) is 0 Å². The van der Waals surface area contributed by atoms with Crippen molar-refractivity contribution in [3.8, 4) is 0 Å². The molecule has 0 amide bonds. The molecule has 154 valence electrons. The highest BCUT2D eigenvalue weighted by Gasteiger charge is 2.22. The van der Waals surface area contributed by atoms with Gasteiger partial charge in [0.25, 0.3) is 0 Å². The van der Waals surface area contributed by atoms with E-state index in [1.54, 1.807) is 0 Å². The van der Waals surface area contributed by atoms with Gasteiger partial charge in [-0.3, -0.25) is 0 Å². The average Bonchev–Trinajstić information content (AvgIpc) is 2.79. The number of benzene rings is 4. The van der Waals surface area contributed by atoms with Gasteiger partial charge >= 0.3 is 0 Å². The molecule has 0 saturated heterocycles. The summed E-state index contributed by atoms with van der Waals surface area (Å²) in [5.74, 6) is 0.541. The Morgan fingerprint density at radius 1 is 0.677 bits per heavy atom. The quantitative estimate of drug-likeness (QED) is 0.335. The Bertz CT molecular complexity index is 1270. The molecule has 2 heteroatoms.